The summed E-state index contributed by atoms with van der Waals surface area (Å²) in [7, 11) is 1.22. The minimum Gasteiger partial charge on any atom is -0.480 e. The number of thiazole rings is 1. The smallest absolute Gasteiger partial charge is 0.326 e. The van der Waals surface area contributed by atoms with Crippen LogP contribution in [0, 0.1) is 6.92 Å². The molecule has 0 aromatic carbocycles. The first-order valence-corrected chi connectivity index (χ1v) is 6.28. The van der Waals surface area contributed by atoms with E-state index in [0.29, 0.717) is 9.88 Å². The molecule has 0 fully saturated rings. The van der Waals surface area contributed by atoms with E-state index in [1.165, 1.54) is 24.6 Å². The van der Waals surface area contributed by atoms with Crippen LogP contribution in [0.25, 0.3) is 0 Å². The third-order valence-electron chi connectivity index (χ3n) is 2.31. The third-order valence-corrected chi connectivity index (χ3v) is 3.22. The van der Waals surface area contributed by atoms with Crippen LogP contribution >= 0.6 is 11.3 Å². The van der Waals surface area contributed by atoms with Crippen LogP contribution in [0.5, 0.6) is 0 Å². The number of nitrogens with zero attached hydrogens (tertiary/aromatic N) is 1. The first kappa shape index (κ1) is 15.1. The molecule has 19 heavy (non-hydrogen) atoms. The van der Waals surface area contributed by atoms with E-state index in [2.05, 4.69) is 15.0 Å². The maximum absolute atomic E-state index is 11.8. The second-order valence-corrected chi connectivity index (χ2v) is 4.96. The standard InChI is InChI=1S/C11H14N2O5S/c1-6-12-5-8(19-6)10(15)13-7(11(16)17)3-4-9(14)18-2/h5,7H,3-4H2,1-2H3,(H,13,15)(H,16,17). The largest absolute Gasteiger partial charge is 0.480 e. The average molecular weight is 286 g/mol. The summed E-state index contributed by atoms with van der Waals surface area (Å²) in [4.78, 5) is 38.0. The zero-order valence-corrected chi connectivity index (χ0v) is 11.3. The Labute approximate surface area is 113 Å². The van der Waals surface area contributed by atoms with E-state index in [4.69, 9.17) is 5.11 Å². The number of hydrogen-bond acceptors (Lipinski definition) is 6. The van der Waals surface area contributed by atoms with Crippen molar-refractivity contribution < 1.29 is 24.2 Å². The zero-order valence-electron chi connectivity index (χ0n) is 10.5. The topological polar surface area (TPSA) is 106 Å². The monoisotopic (exact) mass is 286 g/mol. The van der Waals surface area contributed by atoms with Gasteiger partial charge in [-0.15, -0.1) is 11.3 Å². The number of ether oxygens (including phenoxy) is 1. The Hall–Kier alpha value is -1.96. The molecule has 0 saturated carbocycles. The summed E-state index contributed by atoms with van der Waals surface area (Å²) in [6, 6.07) is -1.13. The molecule has 1 aromatic heterocycles. The van der Waals surface area contributed by atoms with E-state index in [9.17, 15) is 14.4 Å². The Balaban J connectivity index is 2.61. The molecule has 8 heteroatoms. The second-order valence-electron chi connectivity index (χ2n) is 3.72. The fraction of sp³-hybridized carbons (Fsp3) is 0.455. The number of carboxylic acids is 1. The SMILES string of the molecule is COC(=O)CCC(NC(=O)c1cnc(C)s1)C(=O)O. The van der Waals surface area contributed by atoms with Gasteiger partial charge in [-0.3, -0.25) is 9.59 Å². The molecule has 1 aromatic rings. The van der Waals surface area contributed by atoms with E-state index >= 15 is 0 Å². The molecule has 1 amide bonds. The van der Waals surface area contributed by atoms with Gasteiger partial charge in [0.1, 0.15) is 10.9 Å². The molecule has 1 unspecified atom stereocenters. The maximum Gasteiger partial charge on any atom is 0.326 e. The molecule has 0 aliphatic heterocycles. The normalized spacial score (nSPS) is 11.7. The minimum atomic E-state index is -1.20. The number of carbonyl (C=O) groups is 3. The van der Waals surface area contributed by atoms with Gasteiger partial charge < -0.3 is 15.2 Å². The Morgan fingerprint density at radius 2 is 2.21 bits per heavy atom. The van der Waals surface area contributed by atoms with Crippen molar-refractivity contribution in [1.82, 2.24) is 10.3 Å². The van der Waals surface area contributed by atoms with Crippen LogP contribution in [0.3, 0.4) is 0 Å². The van der Waals surface area contributed by atoms with Crippen LogP contribution in [0.4, 0.5) is 0 Å². The number of hydrogen-bond donors (Lipinski definition) is 2. The molecule has 2 N–H and O–H groups in total. The lowest BCUT2D eigenvalue weighted by Gasteiger charge is -2.12. The molecule has 0 saturated heterocycles. The fourth-order valence-corrected chi connectivity index (χ4v) is 2.00. The molecule has 0 radical (unpaired) electrons. The van der Waals surface area contributed by atoms with Crippen LogP contribution in [-0.4, -0.2) is 41.1 Å². The number of carboxylic acid groups (broad SMARTS) is 1. The third kappa shape index (κ3) is 4.66. The van der Waals surface area contributed by atoms with Crippen molar-refractivity contribution in [2.24, 2.45) is 0 Å². The van der Waals surface area contributed by atoms with Crippen LogP contribution in [0.15, 0.2) is 6.20 Å². The number of aromatic nitrogens is 1. The summed E-state index contributed by atoms with van der Waals surface area (Å²) in [5, 5.41) is 12.0. The van der Waals surface area contributed by atoms with Crippen molar-refractivity contribution in [3.63, 3.8) is 0 Å². The highest BCUT2D eigenvalue weighted by molar-refractivity contribution is 7.13. The van der Waals surface area contributed by atoms with Gasteiger partial charge in [-0.1, -0.05) is 0 Å². The highest BCUT2D eigenvalue weighted by Crippen LogP contribution is 2.12. The molecule has 104 valence electrons. The summed E-state index contributed by atoms with van der Waals surface area (Å²) >= 11 is 1.17. The van der Waals surface area contributed by atoms with Gasteiger partial charge in [-0.05, 0) is 13.3 Å². The molecule has 1 heterocycles. The number of carbonyl (C=O) groups excluding carboxylic acids is 2. The lowest BCUT2D eigenvalue weighted by atomic mass is 10.1. The summed E-state index contributed by atoms with van der Waals surface area (Å²) in [6.45, 7) is 1.74. The Bertz CT molecular complexity index is 485. The first-order valence-electron chi connectivity index (χ1n) is 5.47. The lowest BCUT2D eigenvalue weighted by molar-refractivity contribution is -0.142. The fourth-order valence-electron chi connectivity index (χ4n) is 1.32. The molecule has 1 rings (SSSR count). The van der Waals surface area contributed by atoms with Crippen molar-refractivity contribution >= 4 is 29.2 Å². The van der Waals surface area contributed by atoms with Gasteiger partial charge in [0.25, 0.3) is 5.91 Å². The minimum absolute atomic E-state index is 0.0223. The number of methoxy groups -OCH3 is 1. The predicted octanol–water partition coefficient (Wildman–Crippen LogP) is 0.588. The van der Waals surface area contributed by atoms with Crippen molar-refractivity contribution in [3.05, 3.63) is 16.1 Å². The van der Waals surface area contributed by atoms with Crippen LogP contribution in [0.2, 0.25) is 0 Å². The Kier molecular flexibility index (Phi) is 5.43. The number of rotatable bonds is 6. The number of aliphatic carboxylic acids is 1. The second kappa shape index (κ2) is 6.83. The molecule has 7 nitrogen and oxygen atoms in total. The molecule has 1 atom stereocenters. The van der Waals surface area contributed by atoms with Gasteiger partial charge in [0.05, 0.1) is 18.3 Å². The number of esters is 1. The van der Waals surface area contributed by atoms with E-state index < -0.39 is 23.9 Å². The maximum atomic E-state index is 11.8. The number of aryl methyl sites for hydroxylation is 1. The summed E-state index contributed by atoms with van der Waals surface area (Å²) < 4.78 is 4.42. The number of nitrogens with one attached hydrogen (secondary N) is 1. The molecular weight excluding hydrogens is 272 g/mol. The van der Waals surface area contributed by atoms with Crippen molar-refractivity contribution in [3.8, 4) is 0 Å². The quantitative estimate of drug-likeness (QED) is 0.741. The lowest BCUT2D eigenvalue weighted by Crippen LogP contribution is -2.40. The van der Waals surface area contributed by atoms with Gasteiger partial charge in [0.15, 0.2) is 0 Å². The van der Waals surface area contributed by atoms with E-state index in [-0.39, 0.29) is 12.8 Å². The zero-order chi connectivity index (χ0) is 14.4. The van der Waals surface area contributed by atoms with E-state index in [1.807, 2.05) is 0 Å². The van der Waals surface area contributed by atoms with Gasteiger partial charge >= 0.3 is 11.9 Å². The van der Waals surface area contributed by atoms with Gasteiger partial charge in [-0.2, -0.15) is 0 Å². The Morgan fingerprint density at radius 3 is 2.68 bits per heavy atom. The first-order chi connectivity index (χ1) is 8.93. The summed E-state index contributed by atoms with van der Waals surface area (Å²) in [6.07, 6.45) is 1.29. The Morgan fingerprint density at radius 1 is 1.53 bits per heavy atom. The van der Waals surface area contributed by atoms with Crippen LogP contribution < -0.4 is 5.32 Å². The highest BCUT2D eigenvalue weighted by Gasteiger charge is 2.22. The average Bonchev–Trinajstić information content (AvgIpc) is 2.80. The molecule has 0 bridgehead atoms. The van der Waals surface area contributed by atoms with Gasteiger partial charge in [-0.25, -0.2) is 9.78 Å². The van der Waals surface area contributed by atoms with E-state index in [0.717, 1.165) is 0 Å². The number of amides is 1. The van der Waals surface area contributed by atoms with Crippen LogP contribution in [0.1, 0.15) is 27.5 Å². The van der Waals surface area contributed by atoms with Gasteiger partial charge in [0, 0.05) is 6.42 Å². The van der Waals surface area contributed by atoms with Crippen LogP contribution in [-0.2, 0) is 14.3 Å². The highest BCUT2D eigenvalue weighted by atomic mass is 32.1. The summed E-state index contributed by atoms with van der Waals surface area (Å²) in [5.41, 5.74) is 0. The van der Waals surface area contributed by atoms with Gasteiger partial charge in [0.2, 0.25) is 0 Å². The predicted molar refractivity (Wildman–Crippen MR) is 67.0 cm³/mol. The van der Waals surface area contributed by atoms with Crippen molar-refractivity contribution in [1.29, 1.82) is 0 Å². The van der Waals surface area contributed by atoms with E-state index in [1.54, 1.807) is 6.92 Å². The summed E-state index contributed by atoms with van der Waals surface area (Å²) in [5.74, 6) is -2.23. The molecule has 0 aliphatic carbocycles. The van der Waals surface area contributed by atoms with Crippen molar-refractivity contribution in [2.75, 3.05) is 7.11 Å². The molecule has 0 aliphatic rings. The molecular formula is C11H14N2O5S. The molecule has 0 spiro atoms. The van der Waals surface area contributed by atoms with Crippen molar-refractivity contribution in [2.45, 2.75) is 25.8 Å².